The molecule has 0 atom stereocenters. The zero-order chi connectivity index (χ0) is 15.8. The van der Waals surface area contributed by atoms with Crippen LogP contribution in [0.15, 0.2) is 35.7 Å². The van der Waals surface area contributed by atoms with E-state index in [9.17, 15) is 10.0 Å². The molecule has 1 N–H and O–H groups in total. The fraction of sp³-hybridized carbons (Fsp3) is 0.312. The average Bonchev–Trinajstić information content (AvgIpc) is 3.00. The fourth-order valence-corrected chi connectivity index (χ4v) is 2.98. The molecule has 0 unspecified atom stereocenters. The van der Waals surface area contributed by atoms with Crippen LogP contribution in [0.5, 0.6) is 0 Å². The Kier molecular flexibility index (Phi) is 3.44. The van der Waals surface area contributed by atoms with Gasteiger partial charge in [0.2, 0.25) is 5.78 Å². The molecule has 2 aliphatic rings. The Labute approximate surface area is 132 Å². The second kappa shape index (κ2) is 5.60. The van der Waals surface area contributed by atoms with Gasteiger partial charge in [-0.25, -0.2) is 4.98 Å². The summed E-state index contributed by atoms with van der Waals surface area (Å²) in [6, 6.07) is 7.04. The van der Waals surface area contributed by atoms with Crippen molar-refractivity contribution >= 4 is 11.5 Å². The minimum atomic E-state index is -0.401. The Hall–Kier alpha value is -2.51. The summed E-state index contributed by atoms with van der Waals surface area (Å²) in [5.74, 6) is -0.142. The topological polar surface area (TPSA) is 85.9 Å². The van der Waals surface area contributed by atoms with Gasteiger partial charge in [-0.05, 0) is 6.42 Å². The van der Waals surface area contributed by atoms with Gasteiger partial charge in [-0.2, -0.15) is 0 Å². The number of hydrogen-bond donors (Lipinski definition) is 1. The van der Waals surface area contributed by atoms with Crippen LogP contribution in [0.4, 0.5) is 0 Å². The second-order valence-electron chi connectivity index (χ2n) is 5.44. The number of rotatable bonds is 2. The van der Waals surface area contributed by atoms with E-state index in [-0.39, 0.29) is 5.78 Å². The Morgan fingerprint density at radius 1 is 1.26 bits per heavy atom. The molecule has 7 nitrogen and oxygen atoms in total. The summed E-state index contributed by atoms with van der Waals surface area (Å²) < 4.78 is 12.8. The van der Waals surface area contributed by atoms with Crippen LogP contribution < -0.4 is 0 Å². The molecule has 118 valence electrons. The molecule has 1 aromatic carbocycles. The molecule has 1 aliphatic carbocycles. The first kappa shape index (κ1) is 14.1. The van der Waals surface area contributed by atoms with Crippen molar-refractivity contribution in [3.63, 3.8) is 0 Å². The fourth-order valence-electron chi connectivity index (χ4n) is 2.98. The van der Waals surface area contributed by atoms with E-state index in [1.54, 1.807) is 35.2 Å². The van der Waals surface area contributed by atoms with Crippen molar-refractivity contribution in [1.29, 1.82) is 0 Å². The molecule has 0 radical (unpaired) electrons. The van der Waals surface area contributed by atoms with E-state index in [4.69, 9.17) is 9.47 Å². The van der Waals surface area contributed by atoms with Crippen LogP contribution >= 0.6 is 0 Å². The van der Waals surface area contributed by atoms with Gasteiger partial charge in [-0.1, -0.05) is 29.4 Å². The van der Waals surface area contributed by atoms with E-state index in [2.05, 4.69) is 10.1 Å². The van der Waals surface area contributed by atoms with Crippen molar-refractivity contribution in [1.82, 2.24) is 9.55 Å². The third-order valence-electron chi connectivity index (χ3n) is 4.05. The summed E-state index contributed by atoms with van der Waals surface area (Å²) in [5, 5.41) is 12.7. The Morgan fingerprint density at radius 2 is 2.00 bits per heavy atom. The normalized spacial score (nSPS) is 19.7. The van der Waals surface area contributed by atoms with Gasteiger partial charge in [0.15, 0.2) is 6.29 Å². The number of ketones is 1. The highest BCUT2D eigenvalue weighted by molar-refractivity contribution is 6.28. The molecule has 1 fully saturated rings. The van der Waals surface area contributed by atoms with E-state index in [0.717, 1.165) is 6.42 Å². The van der Waals surface area contributed by atoms with Gasteiger partial charge in [0.1, 0.15) is 17.1 Å². The van der Waals surface area contributed by atoms with E-state index in [0.29, 0.717) is 48.0 Å². The molecule has 0 saturated carbocycles. The van der Waals surface area contributed by atoms with Gasteiger partial charge in [0.25, 0.3) is 0 Å². The summed E-state index contributed by atoms with van der Waals surface area (Å²) >= 11 is 0. The van der Waals surface area contributed by atoms with Crippen molar-refractivity contribution < 1.29 is 19.5 Å². The number of carbonyl (C=O) groups excluding carboxylic acids is 1. The van der Waals surface area contributed by atoms with Crippen LogP contribution in [0.2, 0.25) is 0 Å². The maximum absolute atomic E-state index is 12.8. The zero-order valence-corrected chi connectivity index (χ0v) is 12.3. The first-order valence-corrected chi connectivity index (χ1v) is 7.44. The molecular formula is C16H15N3O4. The number of oxime groups is 1. The molecule has 7 heteroatoms. The number of benzene rings is 1. The molecule has 1 aromatic heterocycles. The standard InChI is InChI=1S/C16H15N3O4/c20-16-11-5-2-1-4-10(11)13(18-21)14-15(16)19(9-17-14)8-12-22-6-3-7-23-12/h1-2,4-5,9,12,21H,3,6-8H2. The molecule has 0 bridgehead atoms. The lowest BCUT2D eigenvalue weighted by atomic mass is 9.89. The van der Waals surface area contributed by atoms with E-state index >= 15 is 0 Å². The molecule has 0 amide bonds. The number of nitrogens with zero attached hydrogens (tertiary/aromatic N) is 3. The van der Waals surface area contributed by atoms with Crippen molar-refractivity contribution in [2.24, 2.45) is 5.16 Å². The average molecular weight is 313 g/mol. The Morgan fingerprint density at radius 3 is 2.74 bits per heavy atom. The minimum Gasteiger partial charge on any atom is -0.410 e. The molecule has 2 heterocycles. The predicted molar refractivity (Wildman–Crippen MR) is 79.8 cm³/mol. The molecule has 23 heavy (non-hydrogen) atoms. The summed E-state index contributed by atoms with van der Waals surface area (Å²) in [6.07, 6.45) is 2.02. The molecule has 2 aromatic rings. The van der Waals surface area contributed by atoms with Gasteiger partial charge in [-0.15, -0.1) is 0 Å². The monoisotopic (exact) mass is 313 g/mol. The lowest BCUT2D eigenvalue weighted by Crippen LogP contribution is -2.31. The van der Waals surface area contributed by atoms with Crippen LogP contribution in [0.25, 0.3) is 0 Å². The Balaban J connectivity index is 1.76. The lowest BCUT2D eigenvalue weighted by Gasteiger charge is -2.24. The van der Waals surface area contributed by atoms with Gasteiger partial charge in [-0.3, -0.25) is 4.79 Å². The third-order valence-corrected chi connectivity index (χ3v) is 4.05. The van der Waals surface area contributed by atoms with Crippen LogP contribution in [0, 0.1) is 0 Å². The maximum Gasteiger partial charge on any atom is 0.212 e. The van der Waals surface area contributed by atoms with Crippen molar-refractivity contribution in [3.8, 4) is 0 Å². The largest absolute Gasteiger partial charge is 0.410 e. The number of ether oxygens (including phenoxy) is 2. The van der Waals surface area contributed by atoms with Crippen molar-refractivity contribution in [2.45, 2.75) is 19.3 Å². The van der Waals surface area contributed by atoms with Gasteiger partial charge in [0, 0.05) is 11.1 Å². The molecule has 0 spiro atoms. The van der Waals surface area contributed by atoms with Crippen LogP contribution in [0.3, 0.4) is 0 Å². The van der Waals surface area contributed by atoms with Crippen molar-refractivity contribution in [3.05, 3.63) is 53.1 Å². The van der Waals surface area contributed by atoms with Crippen LogP contribution in [-0.4, -0.2) is 45.8 Å². The molecule has 1 saturated heterocycles. The maximum atomic E-state index is 12.8. The molecule has 4 rings (SSSR count). The highest BCUT2D eigenvalue weighted by Gasteiger charge is 2.33. The van der Waals surface area contributed by atoms with Gasteiger partial charge >= 0.3 is 0 Å². The minimum absolute atomic E-state index is 0.142. The number of aromatic nitrogens is 2. The third kappa shape index (κ3) is 2.25. The number of hydrogen-bond acceptors (Lipinski definition) is 6. The SMILES string of the molecule is O=C1c2ccccc2C(=NO)c2ncn(CC3OCCCO3)c21. The highest BCUT2D eigenvalue weighted by Crippen LogP contribution is 2.27. The van der Waals surface area contributed by atoms with E-state index in [1.165, 1.54) is 0 Å². The Bertz CT molecular complexity index is 790. The summed E-state index contributed by atoms with van der Waals surface area (Å²) in [5.41, 5.74) is 2.17. The first-order chi connectivity index (χ1) is 11.3. The summed E-state index contributed by atoms with van der Waals surface area (Å²) in [4.78, 5) is 17.1. The highest BCUT2D eigenvalue weighted by atomic mass is 16.7. The van der Waals surface area contributed by atoms with Gasteiger partial charge < -0.3 is 19.2 Å². The second-order valence-corrected chi connectivity index (χ2v) is 5.44. The quantitative estimate of drug-likeness (QED) is 0.571. The van der Waals surface area contributed by atoms with Crippen LogP contribution in [0.1, 0.15) is 33.7 Å². The molecular weight excluding hydrogens is 298 g/mol. The number of imidazole rings is 1. The van der Waals surface area contributed by atoms with E-state index < -0.39 is 6.29 Å². The lowest BCUT2D eigenvalue weighted by molar-refractivity contribution is -0.184. The molecule has 1 aliphatic heterocycles. The summed E-state index contributed by atoms with van der Waals surface area (Å²) in [6.45, 7) is 1.65. The number of carbonyl (C=O) groups is 1. The predicted octanol–water partition coefficient (Wildman–Crippen LogP) is 1.42. The van der Waals surface area contributed by atoms with Crippen molar-refractivity contribution in [2.75, 3.05) is 13.2 Å². The van der Waals surface area contributed by atoms with E-state index in [1.807, 2.05) is 0 Å². The van der Waals surface area contributed by atoms with Crippen LogP contribution in [-0.2, 0) is 16.0 Å². The summed E-state index contributed by atoms with van der Waals surface area (Å²) in [7, 11) is 0. The smallest absolute Gasteiger partial charge is 0.212 e. The zero-order valence-electron chi connectivity index (χ0n) is 12.3. The number of fused-ring (bicyclic) bond motifs is 2. The van der Waals surface area contributed by atoms with Gasteiger partial charge in [0.05, 0.1) is 26.1 Å². The first-order valence-electron chi connectivity index (χ1n) is 7.44.